The van der Waals surface area contributed by atoms with E-state index in [-0.39, 0.29) is 0 Å². The fraction of sp³-hybridized carbons (Fsp3) is 1.00. The molecule has 10 heavy (non-hydrogen) atoms. The highest BCUT2D eigenvalue weighted by atomic mass is 15.3. The van der Waals surface area contributed by atoms with E-state index in [1.54, 1.807) is 0 Å². The summed E-state index contributed by atoms with van der Waals surface area (Å²) in [4.78, 5) is 0. The molecule has 0 aliphatic heterocycles. The first-order chi connectivity index (χ1) is 4.47. The van der Waals surface area contributed by atoms with Gasteiger partial charge in [-0.05, 0) is 19.9 Å². The van der Waals surface area contributed by atoms with Crippen molar-refractivity contribution in [1.29, 1.82) is 0 Å². The molecule has 0 aromatic rings. The second kappa shape index (κ2) is 7.03. The lowest BCUT2D eigenvalue weighted by atomic mass is 10.5. The van der Waals surface area contributed by atoms with Gasteiger partial charge in [0.15, 0.2) is 0 Å². The lowest BCUT2D eigenvalue weighted by molar-refractivity contribution is -0.868. The van der Waals surface area contributed by atoms with Gasteiger partial charge in [0, 0.05) is 0 Å². The molecule has 0 aliphatic rings. The van der Waals surface area contributed by atoms with Crippen LogP contribution in [0, 0.1) is 0 Å². The van der Waals surface area contributed by atoms with Crippen LogP contribution >= 0.6 is 0 Å². The molecule has 64 valence electrons. The number of hydrogen-bond donors (Lipinski definition) is 1. The van der Waals surface area contributed by atoms with E-state index in [1.807, 2.05) is 0 Å². The minimum absolute atomic E-state index is 0.819. The van der Waals surface area contributed by atoms with E-state index >= 15 is 0 Å². The van der Waals surface area contributed by atoms with E-state index in [0.29, 0.717) is 0 Å². The summed E-state index contributed by atoms with van der Waals surface area (Å²) >= 11 is 0. The molecule has 0 heterocycles. The lowest BCUT2D eigenvalue weighted by Gasteiger charge is -2.20. The molecule has 0 unspecified atom stereocenters. The van der Waals surface area contributed by atoms with E-state index in [2.05, 4.69) is 35.0 Å². The van der Waals surface area contributed by atoms with Gasteiger partial charge in [-0.1, -0.05) is 6.92 Å². The van der Waals surface area contributed by atoms with Gasteiger partial charge in [0.1, 0.15) is 0 Å². The fourth-order valence-corrected chi connectivity index (χ4v) is 0. The van der Waals surface area contributed by atoms with Crippen molar-refractivity contribution in [2.75, 3.05) is 34.2 Å². The standard InChI is InChI=1S/C5H14N.C3H9N/c1-5-6(2,3)4;1-2-3-4/h5H2,1-4H3;2-4H2,1H3/q+1;. The molecule has 2 N–H and O–H groups in total. The van der Waals surface area contributed by atoms with Crippen LogP contribution in [-0.4, -0.2) is 38.7 Å². The first kappa shape index (κ1) is 12.6. The second-order valence-corrected chi connectivity index (χ2v) is 3.40. The first-order valence-electron chi connectivity index (χ1n) is 3.98. The summed E-state index contributed by atoms with van der Waals surface area (Å²) in [6.07, 6.45) is 1.10. The highest BCUT2D eigenvalue weighted by molar-refractivity contribution is 4.19. The lowest BCUT2D eigenvalue weighted by Crippen LogP contribution is -2.33. The van der Waals surface area contributed by atoms with Crippen LogP contribution in [0.4, 0.5) is 0 Å². The molecule has 2 nitrogen and oxygen atoms in total. The van der Waals surface area contributed by atoms with Gasteiger partial charge in [0.05, 0.1) is 27.7 Å². The molecule has 0 bridgehead atoms. The highest BCUT2D eigenvalue weighted by Gasteiger charge is 1.97. The third kappa shape index (κ3) is 24.7. The summed E-state index contributed by atoms with van der Waals surface area (Å²) in [6, 6.07) is 0. The molecule has 0 saturated carbocycles. The van der Waals surface area contributed by atoms with Crippen LogP contribution in [0.1, 0.15) is 20.3 Å². The summed E-state index contributed by atoms with van der Waals surface area (Å²) in [5, 5.41) is 0. The predicted octanol–water partition coefficient (Wildman–Crippen LogP) is 1.07. The molecule has 0 fully saturated rings. The summed E-state index contributed by atoms with van der Waals surface area (Å²) in [7, 11) is 6.54. The molecule has 0 spiro atoms. The number of nitrogens with two attached hydrogens (primary N) is 1. The van der Waals surface area contributed by atoms with Crippen LogP contribution in [0.25, 0.3) is 0 Å². The van der Waals surface area contributed by atoms with E-state index in [9.17, 15) is 0 Å². The van der Waals surface area contributed by atoms with Crippen molar-refractivity contribution in [3.05, 3.63) is 0 Å². The largest absolute Gasteiger partial charge is 0.331 e. The Morgan fingerprint density at radius 2 is 1.30 bits per heavy atom. The Morgan fingerprint density at radius 1 is 1.10 bits per heavy atom. The molecule has 0 amide bonds. The van der Waals surface area contributed by atoms with Gasteiger partial charge in [-0.3, -0.25) is 0 Å². The van der Waals surface area contributed by atoms with Crippen molar-refractivity contribution in [2.24, 2.45) is 5.73 Å². The van der Waals surface area contributed by atoms with Gasteiger partial charge in [0.25, 0.3) is 0 Å². The van der Waals surface area contributed by atoms with Gasteiger partial charge < -0.3 is 10.2 Å². The van der Waals surface area contributed by atoms with Gasteiger partial charge in [0.2, 0.25) is 0 Å². The average Bonchev–Trinajstić information content (AvgIpc) is 1.87. The molecule has 0 aliphatic carbocycles. The monoisotopic (exact) mass is 147 g/mol. The average molecular weight is 147 g/mol. The fourth-order valence-electron chi connectivity index (χ4n) is 0. The third-order valence-electron chi connectivity index (χ3n) is 1.24. The van der Waals surface area contributed by atoms with E-state index in [4.69, 9.17) is 5.73 Å². The second-order valence-electron chi connectivity index (χ2n) is 3.40. The third-order valence-corrected chi connectivity index (χ3v) is 1.24. The van der Waals surface area contributed by atoms with Crippen LogP contribution in [0.5, 0.6) is 0 Å². The van der Waals surface area contributed by atoms with Crippen molar-refractivity contribution in [2.45, 2.75) is 20.3 Å². The maximum atomic E-state index is 5.03. The molecule has 0 saturated heterocycles. The van der Waals surface area contributed by atoms with Crippen molar-refractivity contribution in [1.82, 2.24) is 0 Å². The van der Waals surface area contributed by atoms with Crippen LogP contribution in [0.15, 0.2) is 0 Å². The Hall–Kier alpha value is -0.0800. The number of hydrogen-bond acceptors (Lipinski definition) is 1. The maximum Gasteiger partial charge on any atom is 0.0751 e. The summed E-state index contributed by atoms with van der Waals surface area (Å²) in [5.74, 6) is 0. The van der Waals surface area contributed by atoms with Crippen molar-refractivity contribution in [3.8, 4) is 0 Å². The van der Waals surface area contributed by atoms with Crippen molar-refractivity contribution in [3.63, 3.8) is 0 Å². The molecular formula is C8H23N2+. The van der Waals surface area contributed by atoms with Gasteiger partial charge in [-0.25, -0.2) is 0 Å². The Labute approximate surface area is 65.6 Å². The zero-order valence-electron chi connectivity index (χ0n) is 8.15. The van der Waals surface area contributed by atoms with Crippen LogP contribution < -0.4 is 5.73 Å². The van der Waals surface area contributed by atoms with Crippen molar-refractivity contribution < 1.29 is 4.48 Å². The Bertz CT molecular complexity index is 52.8. The Kier molecular flexibility index (Phi) is 8.85. The highest BCUT2D eigenvalue weighted by Crippen LogP contribution is 1.83. The molecule has 0 aromatic carbocycles. The van der Waals surface area contributed by atoms with Crippen molar-refractivity contribution >= 4 is 0 Å². The summed E-state index contributed by atoms with van der Waals surface area (Å²) < 4.78 is 1.07. The van der Waals surface area contributed by atoms with E-state index in [1.165, 1.54) is 6.54 Å². The van der Waals surface area contributed by atoms with E-state index < -0.39 is 0 Å². The van der Waals surface area contributed by atoms with Gasteiger partial charge in [-0.2, -0.15) is 0 Å². The summed E-state index contributed by atoms with van der Waals surface area (Å²) in [5.41, 5.74) is 5.03. The molecule has 0 radical (unpaired) electrons. The zero-order valence-corrected chi connectivity index (χ0v) is 8.15. The first-order valence-corrected chi connectivity index (χ1v) is 3.98. The minimum Gasteiger partial charge on any atom is -0.331 e. The topological polar surface area (TPSA) is 26.0 Å². The SMILES string of the molecule is CCCN.CC[N+](C)(C)C. The normalized spacial score (nSPS) is 10.2. The number of nitrogens with zero attached hydrogens (tertiary/aromatic N) is 1. The maximum absolute atomic E-state index is 5.03. The van der Waals surface area contributed by atoms with E-state index in [0.717, 1.165) is 17.4 Å². The van der Waals surface area contributed by atoms with Crippen LogP contribution in [-0.2, 0) is 0 Å². The number of rotatable bonds is 2. The number of quaternary nitrogens is 1. The quantitative estimate of drug-likeness (QED) is 0.581. The molecular weight excluding hydrogens is 124 g/mol. The predicted molar refractivity (Wildman–Crippen MR) is 47.9 cm³/mol. The zero-order chi connectivity index (χ0) is 8.62. The molecule has 0 atom stereocenters. The molecule has 0 rings (SSSR count). The summed E-state index contributed by atoms with van der Waals surface area (Å²) in [6.45, 7) is 6.26. The molecule has 2 heteroatoms. The Morgan fingerprint density at radius 3 is 1.30 bits per heavy atom. The minimum atomic E-state index is 0.819. The Balaban J connectivity index is 0. The van der Waals surface area contributed by atoms with Gasteiger partial charge >= 0.3 is 0 Å². The van der Waals surface area contributed by atoms with Gasteiger partial charge in [-0.15, -0.1) is 0 Å². The molecule has 0 aromatic heterocycles. The van der Waals surface area contributed by atoms with Crippen LogP contribution in [0.2, 0.25) is 0 Å². The smallest absolute Gasteiger partial charge is 0.0751 e. The van der Waals surface area contributed by atoms with Crippen LogP contribution in [0.3, 0.4) is 0 Å².